The Bertz CT molecular complexity index is 482. The first-order valence-electron chi connectivity index (χ1n) is 4.94. The van der Waals surface area contributed by atoms with Crippen LogP contribution < -0.4 is 0 Å². The number of aromatic nitrogens is 1. The Morgan fingerprint density at radius 1 is 1.40 bits per heavy atom. The molecule has 80 valence electrons. The Hall–Kier alpha value is -1.35. The van der Waals surface area contributed by atoms with Crippen LogP contribution in [0.3, 0.4) is 0 Å². The Kier molecular flexibility index (Phi) is 2.27. The molecule has 0 atom stereocenters. The topological polar surface area (TPSA) is 36.0 Å². The number of benzene rings is 1. The van der Waals surface area contributed by atoms with Gasteiger partial charge in [0.25, 0.3) is 0 Å². The highest BCUT2D eigenvalue weighted by atomic mass is 19.1. The van der Waals surface area contributed by atoms with E-state index in [4.69, 9.17) is 0 Å². The van der Waals surface area contributed by atoms with E-state index in [1.165, 1.54) is 6.07 Å². The number of aromatic amines is 1. The first-order valence-corrected chi connectivity index (χ1v) is 4.94. The summed E-state index contributed by atoms with van der Waals surface area (Å²) in [5.74, 6) is -0.255. The standard InChI is InChI=1S/C12H14FNO/c1-12(2,15)7-9-6-8-4-3-5-10(13)11(8)14-9/h3-6,14-15H,7H2,1-2H3. The predicted molar refractivity (Wildman–Crippen MR) is 58.3 cm³/mol. The first kappa shape index (κ1) is 10.2. The second kappa shape index (κ2) is 3.35. The van der Waals surface area contributed by atoms with Crippen LogP contribution in [-0.2, 0) is 6.42 Å². The molecule has 0 spiro atoms. The number of nitrogens with one attached hydrogen (secondary N) is 1. The third kappa shape index (κ3) is 2.18. The normalized spacial score (nSPS) is 12.3. The first-order chi connectivity index (χ1) is 6.96. The molecule has 2 N–H and O–H groups in total. The van der Waals surface area contributed by atoms with Crippen molar-refractivity contribution in [3.63, 3.8) is 0 Å². The quantitative estimate of drug-likeness (QED) is 0.780. The molecule has 1 aromatic heterocycles. The fourth-order valence-corrected chi connectivity index (χ4v) is 1.74. The van der Waals surface area contributed by atoms with Crippen molar-refractivity contribution in [2.75, 3.05) is 0 Å². The van der Waals surface area contributed by atoms with Crippen LogP contribution in [0.1, 0.15) is 19.5 Å². The van der Waals surface area contributed by atoms with Gasteiger partial charge in [-0.25, -0.2) is 4.39 Å². The SMILES string of the molecule is CC(C)(O)Cc1cc2cccc(F)c2[nH]1. The van der Waals surface area contributed by atoms with Crippen LogP contribution in [0.5, 0.6) is 0 Å². The van der Waals surface area contributed by atoms with Gasteiger partial charge in [-0.05, 0) is 26.0 Å². The van der Waals surface area contributed by atoms with E-state index in [1.807, 2.05) is 12.1 Å². The summed E-state index contributed by atoms with van der Waals surface area (Å²) in [5.41, 5.74) is 0.580. The molecule has 2 rings (SSSR count). The zero-order valence-electron chi connectivity index (χ0n) is 8.84. The van der Waals surface area contributed by atoms with E-state index in [1.54, 1.807) is 19.9 Å². The highest BCUT2D eigenvalue weighted by Gasteiger charge is 2.15. The van der Waals surface area contributed by atoms with E-state index in [2.05, 4.69) is 4.98 Å². The molecular formula is C12H14FNO. The molecule has 0 amide bonds. The lowest BCUT2D eigenvalue weighted by molar-refractivity contribution is 0.0801. The van der Waals surface area contributed by atoms with Gasteiger partial charge in [0.05, 0.1) is 11.1 Å². The molecule has 3 heteroatoms. The van der Waals surface area contributed by atoms with E-state index in [0.717, 1.165) is 11.1 Å². The smallest absolute Gasteiger partial charge is 0.147 e. The number of halogens is 1. The predicted octanol–water partition coefficient (Wildman–Crippen LogP) is 2.62. The van der Waals surface area contributed by atoms with Gasteiger partial charge in [0.15, 0.2) is 0 Å². The van der Waals surface area contributed by atoms with Gasteiger partial charge in [0.1, 0.15) is 5.82 Å². The minimum Gasteiger partial charge on any atom is -0.390 e. The molecule has 0 radical (unpaired) electrons. The van der Waals surface area contributed by atoms with Crippen molar-refractivity contribution in [3.8, 4) is 0 Å². The summed E-state index contributed by atoms with van der Waals surface area (Å²) in [5, 5.41) is 10.5. The molecule has 15 heavy (non-hydrogen) atoms. The van der Waals surface area contributed by atoms with Crippen molar-refractivity contribution < 1.29 is 9.50 Å². The lowest BCUT2D eigenvalue weighted by atomic mass is 10.0. The molecular weight excluding hydrogens is 193 g/mol. The molecule has 1 aromatic carbocycles. The molecule has 0 unspecified atom stereocenters. The Morgan fingerprint density at radius 2 is 2.13 bits per heavy atom. The molecule has 0 aliphatic rings. The average Bonchev–Trinajstić information content (AvgIpc) is 2.45. The number of hydrogen-bond donors (Lipinski definition) is 2. The van der Waals surface area contributed by atoms with Crippen LogP contribution in [0.4, 0.5) is 4.39 Å². The minimum atomic E-state index is -0.780. The summed E-state index contributed by atoms with van der Waals surface area (Å²) in [4.78, 5) is 2.99. The lowest BCUT2D eigenvalue weighted by Crippen LogP contribution is -2.21. The molecule has 2 nitrogen and oxygen atoms in total. The van der Waals surface area contributed by atoms with Crippen molar-refractivity contribution in [2.24, 2.45) is 0 Å². The van der Waals surface area contributed by atoms with Crippen molar-refractivity contribution in [2.45, 2.75) is 25.9 Å². The van der Waals surface area contributed by atoms with Crippen molar-refractivity contribution in [3.05, 3.63) is 35.8 Å². The van der Waals surface area contributed by atoms with Crippen LogP contribution in [0.25, 0.3) is 10.9 Å². The average molecular weight is 207 g/mol. The number of rotatable bonds is 2. The van der Waals surface area contributed by atoms with Crippen LogP contribution in [-0.4, -0.2) is 15.7 Å². The largest absolute Gasteiger partial charge is 0.390 e. The highest BCUT2D eigenvalue weighted by Crippen LogP contribution is 2.20. The Labute approximate surface area is 87.7 Å². The number of aliphatic hydroxyl groups is 1. The number of para-hydroxylation sites is 1. The van der Waals surface area contributed by atoms with Crippen molar-refractivity contribution in [1.82, 2.24) is 4.98 Å². The fourth-order valence-electron chi connectivity index (χ4n) is 1.74. The van der Waals surface area contributed by atoms with Gasteiger partial charge in [-0.3, -0.25) is 0 Å². The second-order valence-electron chi connectivity index (χ2n) is 4.49. The van der Waals surface area contributed by atoms with Crippen LogP contribution >= 0.6 is 0 Å². The van der Waals surface area contributed by atoms with Crippen molar-refractivity contribution >= 4 is 10.9 Å². The summed E-state index contributed by atoms with van der Waals surface area (Å²) < 4.78 is 13.3. The molecule has 0 saturated heterocycles. The van der Waals surface area contributed by atoms with E-state index < -0.39 is 5.60 Å². The summed E-state index contributed by atoms with van der Waals surface area (Å²) in [7, 11) is 0. The molecule has 2 aromatic rings. The summed E-state index contributed by atoms with van der Waals surface area (Å²) in [6.45, 7) is 3.46. The summed E-state index contributed by atoms with van der Waals surface area (Å²) in [6, 6.07) is 6.82. The molecule has 0 saturated carbocycles. The van der Waals surface area contributed by atoms with Gasteiger partial charge in [-0.1, -0.05) is 12.1 Å². The monoisotopic (exact) mass is 207 g/mol. The maximum Gasteiger partial charge on any atom is 0.147 e. The maximum absolute atomic E-state index is 13.3. The van der Waals surface area contributed by atoms with Crippen molar-refractivity contribution in [1.29, 1.82) is 0 Å². The van der Waals surface area contributed by atoms with Crippen LogP contribution in [0, 0.1) is 5.82 Å². The van der Waals surface area contributed by atoms with Gasteiger partial charge < -0.3 is 10.1 Å². The zero-order chi connectivity index (χ0) is 11.1. The number of H-pyrrole nitrogens is 1. The van der Waals surface area contributed by atoms with Crippen LogP contribution in [0.2, 0.25) is 0 Å². The van der Waals surface area contributed by atoms with E-state index in [-0.39, 0.29) is 5.82 Å². The second-order valence-corrected chi connectivity index (χ2v) is 4.49. The Balaban J connectivity index is 2.44. The van der Waals surface area contributed by atoms with Gasteiger partial charge >= 0.3 is 0 Å². The third-order valence-corrected chi connectivity index (χ3v) is 2.28. The molecule has 0 aliphatic heterocycles. The van der Waals surface area contributed by atoms with Gasteiger partial charge in [-0.15, -0.1) is 0 Å². The highest BCUT2D eigenvalue weighted by molar-refractivity contribution is 5.80. The van der Waals surface area contributed by atoms with E-state index in [0.29, 0.717) is 11.9 Å². The maximum atomic E-state index is 13.3. The molecule has 0 aliphatic carbocycles. The van der Waals surface area contributed by atoms with Crippen LogP contribution in [0.15, 0.2) is 24.3 Å². The number of hydrogen-bond acceptors (Lipinski definition) is 1. The minimum absolute atomic E-state index is 0.255. The third-order valence-electron chi connectivity index (χ3n) is 2.28. The van der Waals surface area contributed by atoms with E-state index in [9.17, 15) is 9.50 Å². The van der Waals surface area contributed by atoms with E-state index >= 15 is 0 Å². The van der Waals surface area contributed by atoms with Gasteiger partial charge in [0.2, 0.25) is 0 Å². The number of fused-ring (bicyclic) bond motifs is 1. The van der Waals surface area contributed by atoms with Gasteiger partial charge in [0, 0.05) is 17.5 Å². The molecule has 1 heterocycles. The zero-order valence-corrected chi connectivity index (χ0v) is 8.84. The molecule has 0 bridgehead atoms. The molecule has 0 fully saturated rings. The summed E-state index contributed by atoms with van der Waals surface area (Å²) in [6.07, 6.45) is 0.487. The Morgan fingerprint density at radius 3 is 2.73 bits per heavy atom. The lowest BCUT2D eigenvalue weighted by Gasteiger charge is -2.15. The summed E-state index contributed by atoms with van der Waals surface area (Å²) >= 11 is 0. The van der Waals surface area contributed by atoms with Gasteiger partial charge in [-0.2, -0.15) is 0 Å². The fraction of sp³-hybridized carbons (Fsp3) is 0.333.